The van der Waals surface area contributed by atoms with E-state index in [-0.39, 0.29) is 5.82 Å². The van der Waals surface area contributed by atoms with Crippen molar-refractivity contribution in [2.75, 3.05) is 5.32 Å². The first-order valence-electron chi connectivity index (χ1n) is 8.17. The highest BCUT2D eigenvalue weighted by Crippen LogP contribution is 2.25. The molecule has 132 valence electrons. The van der Waals surface area contributed by atoms with Gasteiger partial charge in [-0.05, 0) is 66.6 Å². The van der Waals surface area contributed by atoms with Crippen molar-refractivity contribution < 1.29 is 13.9 Å². The number of rotatable bonds is 6. The van der Waals surface area contributed by atoms with Crippen LogP contribution in [-0.2, 0) is 4.79 Å². The van der Waals surface area contributed by atoms with Gasteiger partial charge in [0.2, 0.25) is 5.91 Å². The fourth-order valence-corrected chi connectivity index (χ4v) is 2.57. The zero-order valence-corrected chi connectivity index (χ0v) is 14.3. The largest absolute Gasteiger partial charge is 0.457 e. The minimum Gasteiger partial charge on any atom is -0.457 e. The van der Waals surface area contributed by atoms with Crippen LogP contribution in [0.15, 0.2) is 72.8 Å². The molecule has 3 rings (SSSR count). The lowest BCUT2D eigenvalue weighted by Crippen LogP contribution is -2.27. The van der Waals surface area contributed by atoms with E-state index in [9.17, 15) is 9.18 Å². The van der Waals surface area contributed by atoms with E-state index in [4.69, 9.17) is 10.5 Å². The van der Waals surface area contributed by atoms with E-state index < -0.39 is 11.9 Å². The van der Waals surface area contributed by atoms with Crippen molar-refractivity contribution in [3.05, 3.63) is 89.7 Å². The Labute approximate surface area is 151 Å². The number of carbonyl (C=O) groups is 1. The summed E-state index contributed by atoms with van der Waals surface area (Å²) in [5, 5.41) is 3.06. The van der Waals surface area contributed by atoms with Gasteiger partial charge in [0.1, 0.15) is 23.4 Å². The first-order chi connectivity index (χ1) is 12.5. The van der Waals surface area contributed by atoms with E-state index in [0.717, 1.165) is 11.3 Å². The zero-order valence-electron chi connectivity index (χ0n) is 14.3. The Morgan fingerprint density at radius 1 is 1.00 bits per heavy atom. The Morgan fingerprint density at radius 2 is 1.69 bits per heavy atom. The minimum atomic E-state index is -0.751. The maximum Gasteiger partial charge on any atom is 0.244 e. The normalized spacial score (nSPS) is 11.6. The summed E-state index contributed by atoms with van der Waals surface area (Å²) in [6, 6.07) is 19.9. The molecule has 1 amide bonds. The molecule has 0 aliphatic carbocycles. The van der Waals surface area contributed by atoms with Crippen molar-refractivity contribution >= 4 is 11.6 Å². The van der Waals surface area contributed by atoms with Crippen LogP contribution in [0.5, 0.6) is 11.5 Å². The van der Waals surface area contributed by atoms with Crippen LogP contribution in [0.25, 0.3) is 0 Å². The molecule has 3 aromatic carbocycles. The lowest BCUT2D eigenvalue weighted by molar-refractivity contribution is -0.118. The quantitative estimate of drug-likeness (QED) is 0.685. The summed E-state index contributed by atoms with van der Waals surface area (Å²) in [6.07, 6.45) is 0. The van der Waals surface area contributed by atoms with Gasteiger partial charge in [-0.2, -0.15) is 0 Å². The standard InChI is InChI=1S/C21H19FN2O2/c1-14-3-2-4-19(13-14)26-18-11-9-17(10-12-18)24-20(21(23)25)15-5-7-16(22)8-6-15/h2-13,20,24H,1H3,(H2,23,25). The number of amides is 1. The van der Waals surface area contributed by atoms with E-state index in [2.05, 4.69) is 5.32 Å². The van der Waals surface area contributed by atoms with Crippen LogP contribution in [-0.4, -0.2) is 5.91 Å². The summed E-state index contributed by atoms with van der Waals surface area (Å²) >= 11 is 0. The van der Waals surface area contributed by atoms with Gasteiger partial charge < -0.3 is 15.8 Å². The third kappa shape index (κ3) is 4.39. The Bertz CT molecular complexity index is 893. The van der Waals surface area contributed by atoms with Crippen LogP contribution in [0.2, 0.25) is 0 Å². The van der Waals surface area contributed by atoms with Gasteiger partial charge in [0.05, 0.1) is 0 Å². The molecule has 0 saturated carbocycles. The molecule has 3 aromatic rings. The number of primary amides is 1. The number of hydrogen-bond acceptors (Lipinski definition) is 3. The SMILES string of the molecule is Cc1cccc(Oc2ccc(NC(C(N)=O)c3ccc(F)cc3)cc2)c1. The summed E-state index contributed by atoms with van der Waals surface area (Å²) in [5.74, 6) is 0.525. The number of halogens is 1. The molecule has 0 heterocycles. The third-order valence-electron chi connectivity index (χ3n) is 3.88. The molecule has 0 bridgehead atoms. The monoisotopic (exact) mass is 350 g/mol. The zero-order chi connectivity index (χ0) is 18.5. The molecule has 0 aromatic heterocycles. The van der Waals surface area contributed by atoms with Crippen LogP contribution in [0.1, 0.15) is 17.2 Å². The number of nitrogens with two attached hydrogens (primary N) is 1. The molecule has 1 unspecified atom stereocenters. The topological polar surface area (TPSA) is 64.3 Å². The highest BCUT2D eigenvalue weighted by molar-refractivity contribution is 5.84. The Hall–Kier alpha value is -3.34. The van der Waals surface area contributed by atoms with Gasteiger partial charge in [0.15, 0.2) is 0 Å². The fourth-order valence-electron chi connectivity index (χ4n) is 2.57. The Balaban J connectivity index is 1.72. The Kier molecular flexibility index (Phi) is 5.17. The second-order valence-corrected chi connectivity index (χ2v) is 5.97. The van der Waals surface area contributed by atoms with Gasteiger partial charge in [-0.3, -0.25) is 4.79 Å². The van der Waals surface area contributed by atoms with Crippen LogP contribution < -0.4 is 15.8 Å². The second-order valence-electron chi connectivity index (χ2n) is 5.97. The molecule has 4 nitrogen and oxygen atoms in total. The maximum absolute atomic E-state index is 13.1. The van der Waals surface area contributed by atoms with Crippen molar-refractivity contribution in [2.45, 2.75) is 13.0 Å². The first-order valence-corrected chi connectivity index (χ1v) is 8.17. The van der Waals surface area contributed by atoms with Gasteiger partial charge in [0, 0.05) is 5.69 Å². The van der Waals surface area contributed by atoms with Crippen LogP contribution in [0.4, 0.5) is 10.1 Å². The predicted molar refractivity (Wildman–Crippen MR) is 99.7 cm³/mol. The fraction of sp³-hybridized carbons (Fsp3) is 0.0952. The lowest BCUT2D eigenvalue weighted by Gasteiger charge is -2.17. The molecule has 3 N–H and O–H groups in total. The van der Waals surface area contributed by atoms with Crippen LogP contribution in [0.3, 0.4) is 0 Å². The van der Waals surface area contributed by atoms with Crippen LogP contribution in [0, 0.1) is 12.7 Å². The summed E-state index contributed by atoms with van der Waals surface area (Å²) in [7, 11) is 0. The van der Waals surface area contributed by atoms with Gasteiger partial charge in [-0.25, -0.2) is 4.39 Å². The van der Waals surface area contributed by atoms with Crippen molar-refractivity contribution in [3.63, 3.8) is 0 Å². The highest BCUT2D eigenvalue weighted by Gasteiger charge is 2.17. The highest BCUT2D eigenvalue weighted by atomic mass is 19.1. The number of anilines is 1. The predicted octanol–water partition coefficient (Wildman–Crippen LogP) is 4.56. The van der Waals surface area contributed by atoms with Crippen molar-refractivity contribution in [2.24, 2.45) is 5.73 Å². The van der Waals surface area contributed by atoms with Gasteiger partial charge in [-0.15, -0.1) is 0 Å². The van der Waals surface area contributed by atoms with E-state index in [1.54, 1.807) is 24.3 Å². The summed E-state index contributed by atoms with van der Waals surface area (Å²) < 4.78 is 18.9. The van der Waals surface area contributed by atoms with Crippen molar-refractivity contribution in [1.82, 2.24) is 0 Å². The summed E-state index contributed by atoms with van der Waals surface area (Å²) in [4.78, 5) is 11.8. The summed E-state index contributed by atoms with van der Waals surface area (Å²) in [5.41, 5.74) is 7.90. The average molecular weight is 350 g/mol. The summed E-state index contributed by atoms with van der Waals surface area (Å²) in [6.45, 7) is 2.00. The molecule has 0 spiro atoms. The second kappa shape index (κ2) is 7.70. The average Bonchev–Trinajstić information content (AvgIpc) is 2.62. The number of hydrogen-bond donors (Lipinski definition) is 2. The van der Waals surface area contributed by atoms with Gasteiger partial charge >= 0.3 is 0 Å². The Morgan fingerprint density at radius 3 is 2.31 bits per heavy atom. The molecule has 0 radical (unpaired) electrons. The third-order valence-corrected chi connectivity index (χ3v) is 3.88. The number of ether oxygens (including phenoxy) is 1. The molecular formula is C21H19FN2O2. The number of carbonyl (C=O) groups excluding carboxylic acids is 1. The molecule has 26 heavy (non-hydrogen) atoms. The molecule has 0 aliphatic heterocycles. The number of aryl methyl sites for hydroxylation is 1. The first kappa shape index (κ1) is 17.5. The lowest BCUT2D eigenvalue weighted by atomic mass is 10.1. The number of nitrogens with one attached hydrogen (secondary N) is 1. The van der Waals surface area contributed by atoms with Crippen LogP contribution >= 0.6 is 0 Å². The van der Waals surface area contributed by atoms with Crippen molar-refractivity contribution in [1.29, 1.82) is 0 Å². The molecule has 0 fully saturated rings. The van der Waals surface area contributed by atoms with Crippen molar-refractivity contribution in [3.8, 4) is 11.5 Å². The van der Waals surface area contributed by atoms with Gasteiger partial charge in [0.25, 0.3) is 0 Å². The van der Waals surface area contributed by atoms with E-state index >= 15 is 0 Å². The maximum atomic E-state index is 13.1. The van der Waals surface area contributed by atoms with E-state index in [1.807, 2.05) is 31.2 Å². The molecular weight excluding hydrogens is 331 g/mol. The van der Waals surface area contributed by atoms with E-state index in [0.29, 0.717) is 17.0 Å². The number of benzene rings is 3. The molecule has 0 aliphatic rings. The molecule has 1 atom stereocenters. The molecule has 0 saturated heterocycles. The van der Waals surface area contributed by atoms with E-state index in [1.165, 1.54) is 24.3 Å². The molecule has 5 heteroatoms. The van der Waals surface area contributed by atoms with Gasteiger partial charge in [-0.1, -0.05) is 24.3 Å². The smallest absolute Gasteiger partial charge is 0.244 e. The minimum absolute atomic E-state index is 0.366.